The SMILES string of the molecule is CC(C)(C)C1CCC(CN2C[C@@H]3C[C@H]2CN3C(C)(C)C)CC1. The summed E-state index contributed by atoms with van der Waals surface area (Å²) in [5, 5.41) is 0. The van der Waals surface area contributed by atoms with E-state index >= 15 is 0 Å². The third-order valence-electron chi connectivity index (χ3n) is 6.78. The van der Waals surface area contributed by atoms with Crippen molar-refractivity contribution in [1.82, 2.24) is 9.80 Å². The van der Waals surface area contributed by atoms with E-state index in [2.05, 4.69) is 51.3 Å². The molecule has 2 nitrogen and oxygen atoms in total. The number of rotatable bonds is 2. The highest BCUT2D eigenvalue weighted by molar-refractivity contribution is 5.03. The van der Waals surface area contributed by atoms with Gasteiger partial charge in [-0.05, 0) is 70.1 Å². The second-order valence-corrected chi connectivity index (χ2v) is 10.4. The summed E-state index contributed by atoms with van der Waals surface area (Å²) in [7, 11) is 0. The van der Waals surface area contributed by atoms with Crippen LogP contribution < -0.4 is 0 Å². The summed E-state index contributed by atoms with van der Waals surface area (Å²) in [6.07, 6.45) is 7.29. The summed E-state index contributed by atoms with van der Waals surface area (Å²) in [6.45, 7) is 18.5. The lowest BCUT2D eigenvalue weighted by atomic mass is 9.70. The number of fused-ring (bicyclic) bond motifs is 2. The van der Waals surface area contributed by atoms with Crippen molar-refractivity contribution >= 4 is 0 Å². The Morgan fingerprint density at radius 2 is 1.45 bits per heavy atom. The second kappa shape index (κ2) is 5.77. The van der Waals surface area contributed by atoms with Crippen LogP contribution in [0.2, 0.25) is 0 Å². The lowest BCUT2D eigenvalue weighted by Crippen LogP contribution is -2.54. The maximum Gasteiger partial charge on any atom is 0.0244 e. The first kappa shape index (κ1) is 16.8. The minimum atomic E-state index is 0.357. The first-order chi connectivity index (χ1) is 10.1. The summed E-state index contributed by atoms with van der Waals surface area (Å²) in [4.78, 5) is 5.60. The predicted molar refractivity (Wildman–Crippen MR) is 95.1 cm³/mol. The molecule has 128 valence electrons. The van der Waals surface area contributed by atoms with Crippen LogP contribution in [0, 0.1) is 17.3 Å². The van der Waals surface area contributed by atoms with E-state index in [-0.39, 0.29) is 0 Å². The molecule has 0 amide bonds. The molecule has 2 bridgehead atoms. The fraction of sp³-hybridized carbons (Fsp3) is 1.00. The molecule has 0 aromatic heterocycles. The van der Waals surface area contributed by atoms with Gasteiger partial charge in [0.25, 0.3) is 0 Å². The molecule has 0 spiro atoms. The topological polar surface area (TPSA) is 6.48 Å². The van der Waals surface area contributed by atoms with Gasteiger partial charge in [0, 0.05) is 37.3 Å². The molecule has 2 atom stereocenters. The highest BCUT2D eigenvalue weighted by Gasteiger charge is 2.47. The lowest BCUT2D eigenvalue weighted by molar-refractivity contribution is 0.0432. The summed E-state index contributed by atoms with van der Waals surface area (Å²) in [5.41, 5.74) is 0.876. The average molecular weight is 307 g/mol. The van der Waals surface area contributed by atoms with Crippen LogP contribution in [0.15, 0.2) is 0 Å². The van der Waals surface area contributed by atoms with E-state index in [0.29, 0.717) is 11.0 Å². The van der Waals surface area contributed by atoms with Gasteiger partial charge >= 0.3 is 0 Å². The van der Waals surface area contributed by atoms with E-state index in [4.69, 9.17) is 0 Å². The largest absolute Gasteiger partial charge is 0.297 e. The molecule has 2 aliphatic heterocycles. The number of hydrogen-bond acceptors (Lipinski definition) is 2. The third kappa shape index (κ3) is 3.38. The Balaban J connectivity index is 1.47. The minimum absolute atomic E-state index is 0.357. The Bertz CT molecular complexity index is 381. The maximum absolute atomic E-state index is 2.84. The molecule has 0 unspecified atom stereocenters. The second-order valence-electron chi connectivity index (χ2n) is 10.4. The van der Waals surface area contributed by atoms with E-state index in [1.165, 1.54) is 51.7 Å². The zero-order valence-electron chi connectivity index (χ0n) is 15.9. The molecule has 3 aliphatic rings. The van der Waals surface area contributed by atoms with Crippen molar-refractivity contribution in [3.8, 4) is 0 Å². The van der Waals surface area contributed by atoms with Gasteiger partial charge in [0.1, 0.15) is 0 Å². The fourth-order valence-electron chi connectivity index (χ4n) is 5.34. The van der Waals surface area contributed by atoms with E-state index in [9.17, 15) is 0 Å². The van der Waals surface area contributed by atoms with Crippen LogP contribution in [0.3, 0.4) is 0 Å². The fourth-order valence-corrected chi connectivity index (χ4v) is 5.34. The minimum Gasteiger partial charge on any atom is -0.297 e. The van der Waals surface area contributed by atoms with Crippen LogP contribution in [0.5, 0.6) is 0 Å². The number of nitrogens with zero attached hydrogens (tertiary/aromatic N) is 2. The third-order valence-corrected chi connectivity index (χ3v) is 6.78. The number of piperazine rings is 1. The van der Waals surface area contributed by atoms with Gasteiger partial charge in [-0.15, -0.1) is 0 Å². The van der Waals surface area contributed by atoms with Gasteiger partial charge in [-0.25, -0.2) is 0 Å². The highest BCUT2D eigenvalue weighted by atomic mass is 15.4. The lowest BCUT2D eigenvalue weighted by Gasteiger charge is -2.43. The van der Waals surface area contributed by atoms with Crippen LogP contribution in [0.4, 0.5) is 0 Å². The maximum atomic E-state index is 2.84. The van der Waals surface area contributed by atoms with Crippen molar-refractivity contribution in [3.63, 3.8) is 0 Å². The summed E-state index contributed by atoms with van der Waals surface area (Å²) < 4.78 is 0. The molecule has 1 aliphatic carbocycles. The Labute approximate surface area is 138 Å². The zero-order chi connectivity index (χ0) is 16.1. The molecule has 1 saturated carbocycles. The van der Waals surface area contributed by atoms with Crippen LogP contribution in [-0.4, -0.2) is 47.1 Å². The monoisotopic (exact) mass is 306 g/mol. The van der Waals surface area contributed by atoms with Crippen molar-refractivity contribution in [3.05, 3.63) is 0 Å². The van der Waals surface area contributed by atoms with Crippen molar-refractivity contribution in [1.29, 1.82) is 0 Å². The Kier molecular flexibility index (Phi) is 4.40. The van der Waals surface area contributed by atoms with Gasteiger partial charge in [0.05, 0.1) is 0 Å². The molecule has 0 aromatic carbocycles. The standard InChI is InChI=1S/C20H38N2/c1-19(2,3)16-9-7-15(8-10-16)12-21-13-18-11-17(21)14-22(18)20(4,5)6/h15-18H,7-14H2,1-6H3/t15?,16?,17-,18-/m0/s1. The molecule has 2 heterocycles. The van der Waals surface area contributed by atoms with Crippen LogP contribution in [0.1, 0.15) is 73.6 Å². The first-order valence-corrected chi connectivity index (χ1v) is 9.65. The summed E-state index contributed by atoms with van der Waals surface area (Å²) in [5.74, 6) is 1.93. The molecule has 2 saturated heterocycles. The number of likely N-dealkylation sites (tertiary alicyclic amines) is 2. The molecular weight excluding hydrogens is 268 g/mol. The van der Waals surface area contributed by atoms with E-state index < -0.39 is 0 Å². The average Bonchev–Trinajstić information content (AvgIpc) is 2.97. The van der Waals surface area contributed by atoms with Gasteiger partial charge in [-0.2, -0.15) is 0 Å². The van der Waals surface area contributed by atoms with Gasteiger partial charge in [-0.1, -0.05) is 20.8 Å². The molecule has 0 radical (unpaired) electrons. The van der Waals surface area contributed by atoms with Gasteiger partial charge in [0.15, 0.2) is 0 Å². The predicted octanol–water partition coefficient (Wildman–Crippen LogP) is 4.40. The van der Waals surface area contributed by atoms with Crippen LogP contribution in [-0.2, 0) is 0 Å². The Morgan fingerprint density at radius 3 is 1.91 bits per heavy atom. The van der Waals surface area contributed by atoms with Gasteiger partial charge in [-0.3, -0.25) is 9.80 Å². The van der Waals surface area contributed by atoms with E-state index in [1.807, 2.05) is 0 Å². The molecule has 2 heteroatoms. The molecule has 0 aromatic rings. The van der Waals surface area contributed by atoms with Crippen LogP contribution in [0.25, 0.3) is 0 Å². The molecule has 0 N–H and O–H groups in total. The van der Waals surface area contributed by atoms with Gasteiger partial charge in [0.2, 0.25) is 0 Å². The van der Waals surface area contributed by atoms with Gasteiger partial charge < -0.3 is 0 Å². The first-order valence-electron chi connectivity index (χ1n) is 9.65. The van der Waals surface area contributed by atoms with Crippen molar-refractivity contribution in [2.45, 2.75) is 91.3 Å². The summed E-state index contributed by atoms with van der Waals surface area (Å²) >= 11 is 0. The van der Waals surface area contributed by atoms with Crippen molar-refractivity contribution < 1.29 is 0 Å². The van der Waals surface area contributed by atoms with Crippen molar-refractivity contribution in [2.75, 3.05) is 19.6 Å². The summed E-state index contributed by atoms with van der Waals surface area (Å²) in [6, 6.07) is 1.68. The van der Waals surface area contributed by atoms with E-state index in [1.54, 1.807) is 0 Å². The Hall–Kier alpha value is -0.0800. The molecule has 3 fully saturated rings. The smallest absolute Gasteiger partial charge is 0.0244 e. The molecule has 3 rings (SSSR count). The molecular formula is C20H38N2. The quantitative estimate of drug-likeness (QED) is 0.746. The molecule has 22 heavy (non-hydrogen) atoms. The van der Waals surface area contributed by atoms with Crippen molar-refractivity contribution in [2.24, 2.45) is 17.3 Å². The van der Waals surface area contributed by atoms with Crippen LogP contribution >= 0.6 is 0 Å². The zero-order valence-corrected chi connectivity index (χ0v) is 15.9. The Morgan fingerprint density at radius 1 is 0.818 bits per heavy atom. The van der Waals surface area contributed by atoms with E-state index in [0.717, 1.165) is 23.9 Å². The number of hydrogen-bond donors (Lipinski definition) is 0. The normalized spacial score (nSPS) is 37.9. The highest BCUT2D eigenvalue weighted by Crippen LogP contribution is 2.41.